The number of carboxylic acid groups (broad SMARTS) is 1. The molecule has 1 rings (SSSR count). The molecule has 0 spiro atoms. The number of hydrogen-bond donors (Lipinski definition) is 4. The summed E-state index contributed by atoms with van der Waals surface area (Å²) in [5.74, 6) is -1.07. The highest BCUT2D eigenvalue weighted by molar-refractivity contribution is 5.82. The van der Waals surface area contributed by atoms with Crippen molar-refractivity contribution in [2.45, 2.75) is 44.3 Å². The summed E-state index contributed by atoms with van der Waals surface area (Å²) in [4.78, 5) is 22.3. The van der Waals surface area contributed by atoms with E-state index in [-0.39, 0.29) is 11.9 Å². The number of piperidine rings is 1. The SMILES string of the molecule is CC[C@H](N)C(=O)N[C@H]1CCN[C@@H](C(=O)O)C1. The molecule has 6 heteroatoms. The minimum Gasteiger partial charge on any atom is -0.480 e. The van der Waals surface area contributed by atoms with Gasteiger partial charge in [0.15, 0.2) is 0 Å². The van der Waals surface area contributed by atoms with E-state index in [9.17, 15) is 9.59 Å². The smallest absolute Gasteiger partial charge is 0.320 e. The molecule has 1 saturated heterocycles. The topological polar surface area (TPSA) is 104 Å². The van der Waals surface area contributed by atoms with Crippen LogP contribution in [0.15, 0.2) is 0 Å². The van der Waals surface area contributed by atoms with Gasteiger partial charge in [0, 0.05) is 6.04 Å². The fraction of sp³-hybridized carbons (Fsp3) is 0.800. The molecule has 0 aromatic heterocycles. The molecule has 1 heterocycles. The van der Waals surface area contributed by atoms with E-state index in [1.54, 1.807) is 0 Å². The van der Waals surface area contributed by atoms with Crippen LogP contribution in [0.1, 0.15) is 26.2 Å². The molecule has 0 unspecified atom stereocenters. The van der Waals surface area contributed by atoms with Gasteiger partial charge in [0.1, 0.15) is 6.04 Å². The lowest BCUT2D eigenvalue weighted by atomic mass is 9.99. The molecule has 0 aromatic carbocycles. The van der Waals surface area contributed by atoms with Gasteiger partial charge in [-0.25, -0.2) is 0 Å². The molecule has 0 radical (unpaired) electrons. The number of amides is 1. The van der Waals surface area contributed by atoms with E-state index in [0.29, 0.717) is 19.4 Å². The Labute approximate surface area is 94.6 Å². The molecule has 1 aliphatic heterocycles. The molecule has 1 amide bonds. The summed E-state index contributed by atoms with van der Waals surface area (Å²) in [5, 5.41) is 14.5. The first-order valence-electron chi connectivity index (χ1n) is 5.56. The summed E-state index contributed by atoms with van der Waals surface area (Å²) in [7, 11) is 0. The molecular weight excluding hydrogens is 210 g/mol. The second-order valence-electron chi connectivity index (χ2n) is 4.09. The monoisotopic (exact) mass is 229 g/mol. The normalized spacial score (nSPS) is 27.1. The van der Waals surface area contributed by atoms with Crippen LogP contribution in [0.25, 0.3) is 0 Å². The number of nitrogens with two attached hydrogens (primary N) is 1. The van der Waals surface area contributed by atoms with Crippen molar-refractivity contribution in [1.82, 2.24) is 10.6 Å². The van der Waals surface area contributed by atoms with Gasteiger partial charge in [0.2, 0.25) is 5.91 Å². The second-order valence-corrected chi connectivity index (χ2v) is 4.09. The average Bonchev–Trinajstić information content (AvgIpc) is 2.28. The zero-order valence-corrected chi connectivity index (χ0v) is 9.40. The summed E-state index contributed by atoms with van der Waals surface area (Å²) < 4.78 is 0. The molecule has 1 aliphatic rings. The Morgan fingerprint density at radius 3 is 2.88 bits per heavy atom. The number of aliphatic carboxylic acids is 1. The van der Waals surface area contributed by atoms with E-state index in [2.05, 4.69) is 10.6 Å². The van der Waals surface area contributed by atoms with Crippen LogP contribution in [0.2, 0.25) is 0 Å². The van der Waals surface area contributed by atoms with E-state index in [1.807, 2.05) is 6.92 Å². The van der Waals surface area contributed by atoms with Crippen molar-refractivity contribution in [2.24, 2.45) is 5.73 Å². The van der Waals surface area contributed by atoms with E-state index < -0.39 is 18.1 Å². The first-order valence-corrected chi connectivity index (χ1v) is 5.56. The highest BCUT2D eigenvalue weighted by atomic mass is 16.4. The van der Waals surface area contributed by atoms with E-state index in [0.717, 1.165) is 6.42 Å². The number of rotatable bonds is 4. The summed E-state index contributed by atoms with van der Waals surface area (Å²) in [5.41, 5.74) is 5.58. The van der Waals surface area contributed by atoms with Crippen molar-refractivity contribution in [3.8, 4) is 0 Å². The van der Waals surface area contributed by atoms with Crippen molar-refractivity contribution >= 4 is 11.9 Å². The number of hydrogen-bond acceptors (Lipinski definition) is 4. The summed E-state index contributed by atoms with van der Waals surface area (Å²) in [6, 6.07) is -1.16. The maximum Gasteiger partial charge on any atom is 0.320 e. The maximum atomic E-state index is 11.5. The Balaban J connectivity index is 2.43. The maximum absolute atomic E-state index is 11.5. The fourth-order valence-electron chi connectivity index (χ4n) is 1.73. The van der Waals surface area contributed by atoms with E-state index >= 15 is 0 Å². The molecule has 6 nitrogen and oxygen atoms in total. The fourth-order valence-corrected chi connectivity index (χ4v) is 1.73. The standard InChI is InChI=1S/C10H19N3O3/c1-2-7(11)9(14)13-6-3-4-12-8(5-6)10(15)16/h6-8,12H,2-5,11H2,1H3,(H,13,14)(H,15,16)/t6-,7-,8+/m0/s1. The summed E-state index contributed by atoms with van der Waals surface area (Å²) >= 11 is 0. The van der Waals surface area contributed by atoms with Crippen LogP contribution >= 0.6 is 0 Å². The largest absolute Gasteiger partial charge is 0.480 e. The first kappa shape index (κ1) is 12.9. The highest BCUT2D eigenvalue weighted by Gasteiger charge is 2.28. The Hall–Kier alpha value is -1.14. The molecule has 1 fully saturated rings. The van der Waals surface area contributed by atoms with E-state index in [1.165, 1.54) is 0 Å². The number of carbonyl (C=O) groups excluding carboxylic acids is 1. The van der Waals surface area contributed by atoms with Gasteiger partial charge in [0.25, 0.3) is 0 Å². The third kappa shape index (κ3) is 3.46. The lowest BCUT2D eigenvalue weighted by molar-refractivity contribution is -0.140. The number of nitrogens with one attached hydrogen (secondary N) is 2. The molecular formula is C10H19N3O3. The van der Waals surface area contributed by atoms with Crippen molar-refractivity contribution in [2.75, 3.05) is 6.54 Å². The van der Waals surface area contributed by atoms with Crippen LogP contribution in [0, 0.1) is 0 Å². The van der Waals surface area contributed by atoms with Gasteiger partial charge in [0.05, 0.1) is 6.04 Å². The Morgan fingerprint density at radius 1 is 1.62 bits per heavy atom. The van der Waals surface area contributed by atoms with Crippen LogP contribution in [-0.2, 0) is 9.59 Å². The quantitative estimate of drug-likeness (QED) is 0.497. The van der Waals surface area contributed by atoms with Gasteiger partial charge >= 0.3 is 5.97 Å². The van der Waals surface area contributed by atoms with Crippen LogP contribution in [-0.4, -0.2) is 41.7 Å². The van der Waals surface area contributed by atoms with Gasteiger partial charge in [-0.15, -0.1) is 0 Å². The Bertz CT molecular complexity index is 270. The minimum atomic E-state index is -0.876. The van der Waals surface area contributed by atoms with Crippen LogP contribution in [0.4, 0.5) is 0 Å². The van der Waals surface area contributed by atoms with Gasteiger partial charge in [-0.1, -0.05) is 6.92 Å². The molecule has 16 heavy (non-hydrogen) atoms. The van der Waals surface area contributed by atoms with Gasteiger partial charge in [-0.05, 0) is 25.8 Å². The zero-order chi connectivity index (χ0) is 12.1. The molecule has 0 bridgehead atoms. The number of carboxylic acids is 1. The number of carbonyl (C=O) groups is 2. The van der Waals surface area contributed by atoms with Crippen LogP contribution < -0.4 is 16.4 Å². The van der Waals surface area contributed by atoms with Crippen LogP contribution in [0.5, 0.6) is 0 Å². The van der Waals surface area contributed by atoms with Crippen molar-refractivity contribution in [1.29, 1.82) is 0 Å². The molecule has 5 N–H and O–H groups in total. The summed E-state index contributed by atoms with van der Waals surface area (Å²) in [6.07, 6.45) is 1.74. The predicted octanol–water partition coefficient (Wildman–Crippen LogP) is -0.955. The van der Waals surface area contributed by atoms with Crippen molar-refractivity contribution in [3.63, 3.8) is 0 Å². The highest BCUT2D eigenvalue weighted by Crippen LogP contribution is 2.09. The third-order valence-electron chi connectivity index (χ3n) is 2.82. The zero-order valence-electron chi connectivity index (χ0n) is 9.40. The van der Waals surface area contributed by atoms with Gasteiger partial charge in [-0.2, -0.15) is 0 Å². The van der Waals surface area contributed by atoms with Gasteiger partial charge < -0.3 is 21.5 Å². The van der Waals surface area contributed by atoms with Gasteiger partial charge in [-0.3, -0.25) is 9.59 Å². The lowest BCUT2D eigenvalue weighted by Gasteiger charge is -2.29. The van der Waals surface area contributed by atoms with Crippen molar-refractivity contribution in [3.05, 3.63) is 0 Å². The first-order chi connectivity index (χ1) is 7.54. The van der Waals surface area contributed by atoms with E-state index in [4.69, 9.17) is 10.8 Å². The Kier molecular flexibility index (Phi) is 4.70. The predicted molar refractivity (Wildman–Crippen MR) is 58.9 cm³/mol. The Morgan fingerprint density at radius 2 is 2.31 bits per heavy atom. The molecule has 0 aromatic rings. The average molecular weight is 229 g/mol. The molecule has 0 saturated carbocycles. The summed E-state index contributed by atoms with van der Waals surface area (Å²) in [6.45, 7) is 2.44. The second kappa shape index (κ2) is 5.81. The van der Waals surface area contributed by atoms with Crippen LogP contribution in [0.3, 0.4) is 0 Å². The molecule has 92 valence electrons. The minimum absolute atomic E-state index is 0.0903. The third-order valence-corrected chi connectivity index (χ3v) is 2.82. The van der Waals surface area contributed by atoms with Crippen molar-refractivity contribution < 1.29 is 14.7 Å². The molecule has 3 atom stereocenters. The molecule has 0 aliphatic carbocycles. The lowest BCUT2D eigenvalue weighted by Crippen LogP contribution is -2.53.